The van der Waals surface area contributed by atoms with Gasteiger partial charge in [0.25, 0.3) is 5.56 Å². The molecular formula is C26H25ClN2O5S. The van der Waals surface area contributed by atoms with Crippen LogP contribution in [0.2, 0.25) is 5.02 Å². The third-order valence-electron chi connectivity index (χ3n) is 5.49. The number of allylic oxidation sites excluding steroid dienone is 1. The number of benzene rings is 2. The Balaban J connectivity index is 1.90. The lowest BCUT2D eigenvalue weighted by Crippen LogP contribution is -2.39. The summed E-state index contributed by atoms with van der Waals surface area (Å²) in [6.45, 7) is 6.13. The molecule has 0 amide bonds. The highest BCUT2D eigenvalue weighted by molar-refractivity contribution is 7.07. The number of halogens is 1. The Bertz CT molecular complexity index is 1470. The summed E-state index contributed by atoms with van der Waals surface area (Å²) in [6, 6.07) is 11.9. The lowest BCUT2D eigenvalue weighted by molar-refractivity contribution is -0.139. The van der Waals surface area contributed by atoms with Crippen molar-refractivity contribution in [2.45, 2.75) is 26.8 Å². The summed E-state index contributed by atoms with van der Waals surface area (Å²) in [5, 5.41) is 0.559. The van der Waals surface area contributed by atoms with Gasteiger partial charge in [0.05, 0.1) is 42.2 Å². The van der Waals surface area contributed by atoms with E-state index >= 15 is 0 Å². The molecule has 0 saturated carbocycles. The molecule has 1 aliphatic heterocycles. The minimum Gasteiger partial charge on any atom is -0.493 e. The molecule has 4 rings (SSSR count). The Morgan fingerprint density at radius 3 is 2.54 bits per heavy atom. The Kier molecular flexibility index (Phi) is 7.42. The predicted octanol–water partition coefficient (Wildman–Crippen LogP) is 3.86. The Morgan fingerprint density at radius 2 is 1.89 bits per heavy atom. The number of hydrogen-bond acceptors (Lipinski definition) is 7. The molecule has 0 bridgehead atoms. The normalized spacial score (nSPS) is 15.5. The number of ether oxygens (including phenoxy) is 3. The Labute approximate surface area is 211 Å². The fourth-order valence-electron chi connectivity index (χ4n) is 3.95. The van der Waals surface area contributed by atoms with Gasteiger partial charge in [-0.05, 0) is 62.2 Å². The van der Waals surface area contributed by atoms with Crippen molar-refractivity contribution in [3.8, 4) is 11.5 Å². The minimum absolute atomic E-state index is 0.215. The number of fused-ring (bicyclic) bond motifs is 1. The first-order valence-electron chi connectivity index (χ1n) is 11.1. The first-order chi connectivity index (χ1) is 16.9. The van der Waals surface area contributed by atoms with Gasteiger partial charge in [-0.1, -0.05) is 41.1 Å². The fourth-order valence-corrected chi connectivity index (χ4v) is 5.12. The van der Waals surface area contributed by atoms with Gasteiger partial charge in [-0.2, -0.15) is 0 Å². The number of carbonyl (C=O) groups is 1. The number of nitrogens with zero attached hydrogens (tertiary/aromatic N) is 2. The van der Waals surface area contributed by atoms with Crippen LogP contribution in [0.15, 0.2) is 63.5 Å². The van der Waals surface area contributed by atoms with Gasteiger partial charge >= 0.3 is 5.97 Å². The first-order valence-corrected chi connectivity index (χ1v) is 12.3. The monoisotopic (exact) mass is 512 g/mol. The summed E-state index contributed by atoms with van der Waals surface area (Å²) >= 11 is 7.36. The van der Waals surface area contributed by atoms with E-state index in [9.17, 15) is 9.59 Å². The van der Waals surface area contributed by atoms with Gasteiger partial charge in [-0.3, -0.25) is 9.36 Å². The number of esters is 1. The molecule has 0 spiro atoms. The average Bonchev–Trinajstić information content (AvgIpc) is 3.14. The van der Waals surface area contributed by atoms with Crippen molar-refractivity contribution < 1.29 is 19.0 Å². The molecule has 7 nitrogen and oxygen atoms in total. The number of aromatic nitrogens is 1. The van der Waals surface area contributed by atoms with Gasteiger partial charge in [0.15, 0.2) is 16.3 Å². The fraction of sp³-hybridized carbons (Fsp3) is 0.269. The van der Waals surface area contributed by atoms with E-state index in [1.165, 1.54) is 11.3 Å². The zero-order valence-corrected chi connectivity index (χ0v) is 21.4. The van der Waals surface area contributed by atoms with Crippen LogP contribution in [0.25, 0.3) is 6.08 Å². The van der Waals surface area contributed by atoms with E-state index in [0.717, 1.165) is 11.1 Å². The van der Waals surface area contributed by atoms with Crippen LogP contribution in [0.5, 0.6) is 11.5 Å². The Hall–Kier alpha value is -3.36. The molecule has 0 fully saturated rings. The van der Waals surface area contributed by atoms with Crippen LogP contribution in [-0.4, -0.2) is 30.9 Å². The van der Waals surface area contributed by atoms with Crippen LogP contribution < -0.4 is 24.4 Å². The second kappa shape index (κ2) is 10.5. The number of thiazole rings is 1. The van der Waals surface area contributed by atoms with Gasteiger partial charge in [-0.25, -0.2) is 9.79 Å². The lowest BCUT2D eigenvalue weighted by Gasteiger charge is -2.24. The van der Waals surface area contributed by atoms with E-state index in [1.807, 2.05) is 25.1 Å². The molecule has 182 valence electrons. The zero-order chi connectivity index (χ0) is 25.1. The topological polar surface area (TPSA) is 79.1 Å². The van der Waals surface area contributed by atoms with E-state index in [-0.39, 0.29) is 12.2 Å². The van der Waals surface area contributed by atoms with Crippen LogP contribution >= 0.6 is 22.9 Å². The highest BCUT2D eigenvalue weighted by Crippen LogP contribution is 2.31. The van der Waals surface area contributed by atoms with E-state index in [0.29, 0.717) is 43.7 Å². The predicted molar refractivity (Wildman–Crippen MR) is 136 cm³/mol. The second-order valence-electron chi connectivity index (χ2n) is 7.70. The van der Waals surface area contributed by atoms with Crippen molar-refractivity contribution >= 4 is 35.0 Å². The maximum absolute atomic E-state index is 13.7. The summed E-state index contributed by atoms with van der Waals surface area (Å²) in [5.74, 6) is 0.707. The van der Waals surface area contributed by atoms with Crippen LogP contribution in [0.4, 0.5) is 0 Å². The largest absolute Gasteiger partial charge is 0.493 e. The van der Waals surface area contributed by atoms with E-state index in [1.54, 1.807) is 55.9 Å². The maximum atomic E-state index is 13.7. The number of rotatable bonds is 7. The van der Waals surface area contributed by atoms with Crippen molar-refractivity contribution in [1.82, 2.24) is 4.57 Å². The van der Waals surface area contributed by atoms with Crippen molar-refractivity contribution in [3.63, 3.8) is 0 Å². The van der Waals surface area contributed by atoms with Crippen molar-refractivity contribution in [2.75, 3.05) is 20.3 Å². The standard InChI is InChI=1S/C26H25ClN2O5S/c1-5-33-19-12-7-16(13-20(19)32-4)14-21-24(30)29-23(17-8-10-18(27)11-9-17)22(25(31)34-6-2)15(3)28-26(29)35-21/h7-14,23H,5-6H2,1-4H3/b21-14-/t23-/m0/s1. The summed E-state index contributed by atoms with van der Waals surface area (Å²) in [7, 11) is 1.57. The number of methoxy groups -OCH3 is 1. The van der Waals surface area contributed by atoms with E-state index in [2.05, 4.69) is 4.99 Å². The average molecular weight is 513 g/mol. The smallest absolute Gasteiger partial charge is 0.338 e. The first kappa shape index (κ1) is 24.8. The number of carbonyl (C=O) groups excluding carboxylic acids is 1. The lowest BCUT2D eigenvalue weighted by atomic mass is 9.96. The minimum atomic E-state index is -0.681. The van der Waals surface area contributed by atoms with Gasteiger partial charge in [0.2, 0.25) is 0 Å². The molecule has 0 saturated heterocycles. The maximum Gasteiger partial charge on any atom is 0.338 e. The molecule has 0 aliphatic carbocycles. The molecule has 9 heteroatoms. The molecule has 35 heavy (non-hydrogen) atoms. The van der Waals surface area contributed by atoms with E-state index in [4.69, 9.17) is 25.8 Å². The third-order valence-corrected chi connectivity index (χ3v) is 6.72. The van der Waals surface area contributed by atoms with Gasteiger partial charge in [0, 0.05) is 5.02 Å². The Morgan fingerprint density at radius 1 is 1.14 bits per heavy atom. The quantitative estimate of drug-likeness (QED) is 0.449. The van der Waals surface area contributed by atoms with Crippen molar-refractivity contribution in [1.29, 1.82) is 0 Å². The summed E-state index contributed by atoms with van der Waals surface area (Å²) in [5.41, 5.74) is 2.10. The van der Waals surface area contributed by atoms with Crippen LogP contribution in [-0.2, 0) is 9.53 Å². The molecule has 0 radical (unpaired) electrons. The highest BCUT2D eigenvalue weighted by atomic mass is 35.5. The summed E-state index contributed by atoms with van der Waals surface area (Å²) in [6.07, 6.45) is 1.78. The molecule has 0 N–H and O–H groups in total. The van der Waals surface area contributed by atoms with Crippen molar-refractivity contribution in [2.24, 2.45) is 4.99 Å². The van der Waals surface area contributed by atoms with Crippen LogP contribution in [0.3, 0.4) is 0 Å². The van der Waals surface area contributed by atoms with Gasteiger partial charge in [-0.15, -0.1) is 0 Å². The SMILES string of the molecule is CCOC(=O)C1=C(C)N=c2s/c(=C\c3ccc(OCC)c(OC)c3)c(=O)n2[C@H]1c1ccc(Cl)cc1. The molecule has 2 aromatic carbocycles. The molecule has 1 atom stereocenters. The molecular weight excluding hydrogens is 488 g/mol. The highest BCUT2D eigenvalue weighted by Gasteiger charge is 2.33. The van der Waals surface area contributed by atoms with Gasteiger partial charge in [0.1, 0.15) is 0 Å². The molecule has 0 unspecified atom stereocenters. The second-order valence-corrected chi connectivity index (χ2v) is 9.14. The number of hydrogen-bond donors (Lipinski definition) is 0. The third kappa shape index (κ3) is 4.90. The molecule has 1 aliphatic rings. The molecule has 1 aromatic heterocycles. The van der Waals surface area contributed by atoms with Crippen molar-refractivity contribution in [3.05, 3.63) is 89.6 Å². The summed E-state index contributed by atoms with van der Waals surface area (Å²) < 4.78 is 18.4. The zero-order valence-electron chi connectivity index (χ0n) is 19.8. The molecule has 3 aromatic rings. The van der Waals surface area contributed by atoms with Crippen LogP contribution in [0.1, 0.15) is 37.9 Å². The van der Waals surface area contributed by atoms with E-state index < -0.39 is 12.0 Å². The van der Waals surface area contributed by atoms with Gasteiger partial charge < -0.3 is 14.2 Å². The van der Waals surface area contributed by atoms with Crippen LogP contribution in [0, 0.1) is 0 Å². The molecule has 2 heterocycles. The summed E-state index contributed by atoms with van der Waals surface area (Å²) in [4.78, 5) is 31.7.